The van der Waals surface area contributed by atoms with Crippen molar-refractivity contribution in [1.82, 2.24) is 0 Å². The zero-order valence-electron chi connectivity index (χ0n) is 15.4. The van der Waals surface area contributed by atoms with Crippen molar-refractivity contribution in [2.45, 2.75) is 12.1 Å². The van der Waals surface area contributed by atoms with E-state index in [1.807, 2.05) is 0 Å². The molecule has 0 aromatic heterocycles. The van der Waals surface area contributed by atoms with E-state index in [0.717, 1.165) is 11.8 Å². The number of anilines is 2. The smallest absolute Gasteiger partial charge is 0.234 e. The van der Waals surface area contributed by atoms with E-state index in [9.17, 15) is 17.6 Å². The second-order valence-electron chi connectivity index (χ2n) is 6.94. The summed E-state index contributed by atoms with van der Waals surface area (Å²) in [5.41, 5.74) is 0.810. The average Bonchev–Trinajstić information content (AvgIpc) is 3.11. The van der Waals surface area contributed by atoms with Crippen molar-refractivity contribution in [2.75, 3.05) is 27.5 Å². The second kappa shape index (κ2) is 8.49. The van der Waals surface area contributed by atoms with Crippen LogP contribution < -0.4 is 10.2 Å². The minimum absolute atomic E-state index is 0.0339. The highest BCUT2D eigenvalue weighted by molar-refractivity contribution is 9.10. The number of fused-ring (bicyclic) bond motifs is 1. The van der Waals surface area contributed by atoms with Gasteiger partial charge in [-0.3, -0.25) is 9.79 Å². The molecule has 2 aromatic rings. The van der Waals surface area contributed by atoms with Crippen molar-refractivity contribution in [3.05, 3.63) is 57.8 Å². The summed E-state index contributed by atoms with van der Waals surface area (Å²) in [4.78, 5) is 18.5. The molecule has 0 radical (unpaired) electrons. The number of amides is 1. The topological polar surface area (TPSA) is 78.8 Å². The number of hydrogen-bond donors (Lipinski definition) is 1. The van der Waals surface area contributed by atoms with E-state index in [1.165, 1.54) is 6.07 Å². The Labute approximate surface area is 190 Å². The maximum Gasteiger partial charge on any atom is 0.234 e. The highest BCUT2D eigenvalue weighted by atomic mass is 79.9. The number of nitrogens with one attached hydrogen (secondary N) is 1. The molecule has 30 heavy (non-hydrogen) atoms. The van der Waals surface area contributed by atoms with Gasteiger partial charge in [-0.05, 0) is 36.4 Å². The molecule has 2 aromatic carbocycles. The third-order valence-corrected chi connectivity index (χ3v) is 8.11. The Hall–Kier alpha value is -1.62. The van der Waals surface area contributed by atoms with Gasteiger partial charge in [-0.2, -0.15) is 0 Å². The van der Waals surface area contributed by atoms with E-state index in [-0.39, 0.29) is 28.9 Å². The van der Waals surface area contributed by atoms with Crippen LogP contribution >= 0.6 is 39.3 Å². The van der Waals surface area contributed by atoms with E-state index < -0.39 is 27.7 Å². The molecule has 0 spiro atoms. The van der Waals surface area contributed by atoms with Gasteiger partial charge in [0.05, 0.1) is 35.0 Å². The SMILES string of the molecule is O=C(CSC1=N[C@H]2CS(=O)(=O)C[C@H]2N1c1ccc(Br)cc1F)Nc1cccc(Cl)c1. The van der Waals surface area contributed by atoms with Crippen molar-refractivity contribution in [3.8, 4) is 0 Å². The highest BCUT2D eigenvalue weighted by Crippen LogP contribution is 2.37. The van der Waals surface area contributed by atoms with Crippen molar-refractivity contribution < 1.29 is 17.6 Å². The Morgan fingerprint density at radius 1 is 1.30 bits per heavy atom. The number of hydrogen-bond acceptors (Lipinski definition) is 6. The van der Waals surface area contributed by atoms with Crippen LogP contribution in [0.3, 0.4) is 0 Å². The summed E-state index contributed by atoms with van der Waals surface area (Å²) < 4.78 is 39.4. The normalized spacial score (nSPS) is 22.0. The van der Waals surface area contributed by atoms with Gasteiger partial charge in [0.15, 0.2) is 15.0 Å². The number of rotatable bonds is 4. The molecule has 0 bridgehead atoms. The number of carbonyl (C=O) groups is 1. The zero-order chi connectivity index (χ0) is 21.5. The van der Waals surface area contributed by atoms with E-state index in [0.29, 0.717) is 20.4 Å². The van der Waals surface area contributed by atoms with Gasteiger partial charge in [-0.15, -0.1) is 0 Å². The predicted octanol–water partition coefficient (Wildman–Crippen LogP) is 3.96. The predicted molar refractivity (Wildman–Crippen MR) is 123 cm³/mol. The summed E-state index contributed by atoms with van der Waals surface area (Å²) >= 11 is 10.3. The zero-order valence-corrected chi connectivity index (χ0v) is 19.4. The lowest BCUT2D eigenvalue weighted by Gasteiger charge is -2.26. The summed E-state index contributed by atoms with van der Waals surface area (Å²) in [6.45, 7) is 0. The second-order valence-corrected chi connectivity index (χ2v) is 11.4. The molecule has 1 fully saturated rings. The lowest BCUT2D eigenvalue weighted by molar-refractivity contribution is -0.113. The molecule has 4 rings (SSSR count). The number of benzene rings is 2. The molecule has 0 unspecified atom stereocenters. The summed E-state index contributed by atoms with van der Waals surface area (Å²) in [5.74, 6) is -0.913. The summed E-state index contributed by atoms with van der Waals surface area (Å²) in [6.07, 6.45) is 0. The number of aliphatic imine (C=N–C) groups is 1. The first-order chi connectivity index (χ1) is 14.2. The molecular weight excluding hydrogens is 517 g/mol. The molecular formula is C19H16BrClFN3O3S2. The van der Waals surface area contributed by atoms with Crippen LogP contribution in [0.5, 0.6) is 0 Å². The van der Waals surface area contributed by atoms with Gasteiger partial charge in [0.1, 0.15) is 5.82 Å². The summed E-state index contributed by atoms with van der Waals surface area (Å²) in [6, 6.07) is 10.4. The van der Waals surface area contributed by atoms with Gasteiger partial charge in [-0.25, -0.2) is 12.8 Å². The fraction of sp³-hybridized carbons (Fsp3) is 0.263. The molecule has 2 heterocycles. The molecule has 1 amide bonds. The molecule has 1 N–H and O–H groups in total. The average molecular weight is 533 g/mol. The van der Waals surface area contributed by atoms with Crippen LogP contribution in [0.4, 0.5) is 15.8 Å². The van der Waals surface area contributed by atoms with Gasteiger partial charge in [0.25, 0.3) is 0 Å². The maximum absolute atomic E-state index is 14.7. The van der Waals surface area contributed by atoms with Gasteiger partial charge >= 0.3 is 0 Å². The van der Waals surface area contributed by atoms with Gasteiger partial charge in [-0.1, -0.05) is 45.4 Å². The van der Waals surface area contributed by atoms with Crippen LogP contribution in [0.15, 0.2) is 51.9 Å². The van der Waals surface area contributed by atoms with Crippen molar-refractivity contribution in [1.29, 1.82) is 0 Å². The first-order valence-corrected chi connectivity index (χ1v) is 12.9. The van der Waals surface area contributed by atoms with Crippen molar-refractivity contribution >= 4 is 71.6 Å². The van der Waals surface area contributed by atoms with Crippen molar-refractivity contribution in [3.63, 3.8) is 0 Å². The van der Waals surface area contributed by atoms with Gasteiger partial charge in [0, 0.05) is 15.2 Å². The number of thioether (sulfide) groups is 1. The lowest BCUT2D eigenvalue weighted by Crippen LogP contribution is -2.40. The molecule has 2 aliphatic rings. The minimum atomic E-state index is -3.25. The Bertz CT molecular complexity index is 1150. The number of sulfone groups is 1. The Morgan fingerprint density at radius 3 is 2.83 bits per heavy atom. The largest absolute Gasteiger partial charge is 0.325 e. The molecule has 0 saturated carbocycles. The molecule has 1 saturated heterocycles. The quantitative estimate of drug-likeness (QED) is 0.645. The first kappa shape index (κ1) is 21.6. The lowest BCUT2D eigenvalue weighted by atomic mass is 10.1. The molecule has 0 aliphatic carbocycles. The molecule has 2 aliphatic heterocycles. The first-order valence-electron chi connectivity index (χ1n) is 8.92. The van der Waals surface area contributed by atoms with E-state index in [2.05, 4.69) is 26.2 Å². The molecule has 158 valence electrons. The van der Waals surface area contributed by atoms with Crippen LogP contribution in [0.2, 0.25) is 5.02 Å². The third-order valence-electron chi connectivity index (χ3n) is 4.72. The number of halogens is 3. The van der Waals surface area contributed by atoms with Crippen LogP contribution in [0.25, 0.3) is 0 Å². The fourth-order valence-electron chi connectivity index (χ4n) is 3.48. The molecule has 6 nitrogen and oxygen atoms in total. The number of carbonyl (C=O) groups excluding carboxylic acids is 1. The fourth-order valence-corrected chi connectivity index (χ4v) is 6.77. The van der Waals surface area contributed by atoms with Gasteiger partial charge in [0.2, 0.25) is 5.91 Å². The van der Waals surface area contributed by atoms with Crippen molar-refractivity contribution in [2.24, 2.45) is 4.99 Å². The molecule has 2 atom stereocenters. The summed E-state index contributed by atoms with van der Waals surface area (Å²) in [7, 11) is -3.25. The highest BCUT2D eigenvalue weighted by Gasteiger charge is 2.47. The van der Waals surface area contributed by atoms with E-state index >= 15 is 0 Å². The maximum atomic E-state index is 14.7. The molecule has 11 heteroatoms. The Kier molecular flexibility index (Phi) is 6.11. The standard InChI is InChI=1S/C19H16BrClFN3O3S2/c20-11-4-5-16(14(22)6-11)25-17-10-30(27,28)9-15(17)24-19(25)29-8-18(26)23-13-3-1-2-12(21)7-13/h1-7,15,17H,8-10H2,(H,23,26)/t15-,17+/m0/s1. The van der Waals surface area contributed by atoms with Crippen LogP contribution in [-0.2, 0) is 14.6 Å². The Morgan fingerprint density at radius 2 is 2.10 bits per heavy atom. The number of amidine groups is 1. The summed E-state index contributed by atoms with van der Waals surface area (Å²) in [5, 5.41) is 3.69. The van der Waals surface area contributed by atoms with E-state index in [1.54, 1.807) is 41.3 Å². The van der Waals surface area contributed by atoms with Crippen LogP contribution in [0, 0.1) is 5.82 Å². The van der Waals surface area contributed by atoms with Crippen LogP contribution in [0.1, 0.15) is 0 Å². The van der Waals surface area contributed by atoms with Gasteiger partial charge < -0.3 is 10.2 Å². The number of nitrogens with zero attached hydrogens (tertiary/aromatic N) is 2. The Balaban J connectivity index is 1.53. The third kappa shape index (κ3) is 4.66. The van der Waals surface area contributed by atoms with E-state index in [4.69, 9.17) is 11.6 Å². The minimum Gasteiger partial charge on any atom is -0.325 e. The van der Waals surface area contributed by atoms with Crippen LogP contribution in [-0.4, -0.2) is 48.8 Å². The monoisotopic (exact) mass is 531 g/mol.